The van der Waals surface area contributed by atoms with Gasteiger partial charge in [0.25, 0.3) is 0 Å². The molecule has 220 valence electrons. The Bertz CT molecular complexity index is 2290. The standard InChI is InChI=1S/C42H32N4/c1-42(2)34-19-11-9-17-31(34)32-25-26-36-37(38(32)42)33-18-10-12-20-35(33)46(36)30-23-21-29(22-24-30)41-44-39(27-13-5-3-6-14-27)43-40(45-41)28-15-7-4-8-16-28/h3-26,41H,1-2H3,(H,43,44,45). The lowest BCUT2D eigenvalue weighted by atomic mass is 9.80. The van der Waals surface area contributed by atoms with Crippen LogP contribution in [-0.2, 0) is 5.41 Å². The number of nitrogens with zero attached hydrogens (tertiary/aromatic N) is 3. The Morgan fingerprint density at radius 1 is 0.565 bits per heavy atom. The number of aromatic nitrogens is 1. The summed E-state index contributed by atoms with van der Waals surface area (Å²) in [7, 11) is 0. The zero-order valence-electron chi connectivity index (χ0n) is 25.8. The summed E-state index contributed by atoms with van der Waals surface area (Å²) in [6.07, 6.45) is -0.360. The number of hydrogen-bond donors (Lipinski definition) is 1. The molecule has 0 fully saturated rings. The van der Waals surface area contributed by atoms with E-state index < -0.39 is 0 Å². The van der Waals surface area contributed by atoms with Crippen molar-refractivity contribution in [2.24, 2.45) is 9.98 Å². The molecular weight excluding hydrogens is 560 g/mol. The molecule has 1 aliphatic heterocycles. The van der Waals surface area contributed by atoms with Crippen molar-refractivity contribution in [3.8, 4) is 16.8 Å². The third-order valence-electron chi connectivity index (χ3n) is 9.64. The molecule has 7 aromatic rings. The maximum atomic E-state index is 5.08. The van der Waals surface area contributed by atoms with Gasteiger partial charge in [0.15, 0.2) is 6.17 Å². The molecule has 46 heavy (non-hydrogen) atoms. The first-order chi connectivity index (χ1) is 22.6. The van der Waals surface area contributed by atoms with Gasteiger partial charge in [-0.1, -0.05) is 135 Å². The Balaban J connectivity index is 1.18. The summed E-state index contributed by atoms with van der Waals surface area (Å²) in [5, 5.41) is 6.11. The molecule has 9 rings (SSSR count). The molecule has 0 radical (unpaired) electrons. The minimum Gasteiger partial charge on any atom is -0.324 e. The van der Waals surface area contributed by atoms with Crippen LogP contribution in [0.4, 0.5) is 0 Å². The highest BCUT2D eigenvalue weighted by Crippen LogP contribution is 2.53. The minimum atomic E-state index is -0.360. The number of aliphatic imine (C=N–C) groups is 2. The van der Waals surface area contributed by atoms with E-state index in [9.17, 15) is 0 Å². The highest BCUT2D eigenvalue weighted by molar-refractivity contribution is 6.16. The van der Waals surface area contributed by atoms with E-state index in [0.717, 1.165) is 34.0 Å². The molecule has 0 amide bonds. The molecule has 6 aromatic carbocycles. The molecule has 0 atom stereocenters. The summed E-state index contributed by atoms with van der Waals surface area (Å²) in [5.74, 6) is 1.65. The summed E-state index contributed by atoms with van der Waals surface area (Å²) in [4.78, 5) is 10.2. The van der Waals surface area contributed by atoms with Crippen LogP contribution in [-0.4, -0.2) is 16.2 Å². The summed E-state index contributed by atoms with van der Waals surface area (Å²) in [5.41, 5.74) is 12.1. The summed E-state index contributed by atoms with van der Waals surface area (Å²) in [6.45, 7) is 4.73. The maximum absolute atomic E-state index is 5.08. The first-order valence-corrected chi connectivity index (χ1v) is 15.9. The lowest BCUT2D eigenvalue weighted by Crippen LogP contribution is -2.35. The van der Waals surface area contributed by atoms with Crippen LogP contribution in [0.2, 0.25) is 0 Å². The summed E-state index contributed by atoms with van der Waals surface area (Å²) >= 11 is 0. The molecule has 1 aliphatic carbocycles. The minimum absolute atomic E-state index is 0.0950. The Labute approximate surface area is 268 Å². The van der Waals surface area contributed by atoms with Gasteiger partial charge in [0.1, 0.15) is 11.7 Å². The molecule has 2 heterocycles. The number of fused-ring (bicyclic) bond motifs is 7. The number of para-hydroxylation sites is 1. The van der Waals surface area contributed by atoms with Gasteiger partial charge in [-0.05, 0) is 52.1 Å². The van der Waals surface area contributed by atoms with E-state index >= 15 is 0 Å². The van der Waals surface area contributed by atoms with Crippen molar-refractivity contribution in [2.75, 3.05) is 0 Å². The van der Waals surface area contributed by atoms with Crippen LogP contribution >= 0.6 is 0 Å². The van der Waals surface area contributed by atoms with Gasteiger partial charge in [-0.15, -0.1) is 0 Å². The predicted octanol–water partition coefficient (Wildman–Crippen LogP) is 9.59. The van der Waals surface area contributed by atoms with Crippen LogP contribution in [0.5, 0.6) is 0 Å². The third kappa shape index (κ3) is 4.00. The van der Waals surface area contributed by atoms with Crippen LogP contribution in [0.15, 0.2) is 156 Å². The van der Waals surface area contributed by atoms with Gasteiger partial charge >= 0.3 is 0 Å². The quantitative estimate of drug-likeness (QED) is 0.217. The van der Waals surface area contributed by atoms with Crippen LogP contribution in [0.3, 0.4) is 0 Å². The highest BCUT2D eigenvalue weighted by Gasteiger charge is 2.38. The Hall–Kier alpha value is -5.74. The van der Waals surface area contributed by atoms with Crippen LogP contribution < -0.4 is 5.32 Å². The van der Waals surface area contributed by atoms with Gasteiger partial charge < -0.3 is 9.88 Å². The van der Waals surface area contributed by atoms with Crippen molar-refractivity contribution < 1.29 is 0 Å². The summed E-state index contributed by atoms with van der Waals surface area (Å²) in [6, 6.07) is 51.6. The highest BCUT2D eigenvalue weighted by atomic mass is 15.2. The van der Waals surface area contributed by atoms with Crippen molar-refractivity contribution in [2.45, 2.75) is 25.4 Å². The lowest BCUT2D eigenvalue weighted by Gasteiger charge is -2.23. The first-order valence-electron chi connectivity index (χ1n) is 15.9. The fraction of sp³-hybridized carbons (Fsp3) is 0.0952. The largest absolute Gasteiger partial charge is 0.324 e. The van der Waals surface area contributed by atoms with E-state index in [1.165, 1.54) is 44.1 Å². The molecule has 1 N–H and O–H groups in total. The van der Waals surface area contributed by atoms with Gasteiger partial charge in [0.05, 0.1) is 11.0 Å². The van der Waals surface area contributed by atoms with Gasteiger partial charge in [-0.3, -0.25) is 0 Å². The van der Waals surface area contributed by atoms with Gasteiger partial charge in [0.2, 0.25) is 0 Å². The van der Waals surface area contributed by atoms with E-state index in [1.807, 2.05) is 36.4 Å². The van der Waals surface area contributed by atoms with E-state index in [2.05, 4.69) is 133 Å². The number of benzene rings is 6. The number of nitrogens with one attached hydrogen (secondary N) is 1. The topological polar surface area (TPSA) is 41.7 Å². The first kappa shape index (κ1) is 26.6. The molecular formula is C42H32N4. The van der Waals surface area contributed by atoms with Crippen LogP contribution in [0, 0.1) is 0 Å². The average molecular weight is 593 g/mol. The molecule has 2 aliphatic rings. The second-order valence-electron chi connectivity index (χ2n) is 12.7. The Morgan fingerprint density at radius 2 is 1.17 bits per heavy atom. The molecule has 0 spiro atoms. The maximum Gasteiger partial charge on any atom is 0.169 e. The molecule has 0 unspecified atom stereocenters. The van der Waals surface area contributed by atoms with Crippen LogP contribution in [0.1, 0.15) is 47.8 Å². The summed E-state index contributed by atoms with van der Waals surface area (Å²) < 4.78 is 2.41. The molecule has 4 nitrogen and oxygen atoms in total. The second-order valence-corrected chi connectivity index (χ2v) is 12.7. The predicted molar refractivity (Wildman–Crippen MR) is 190 cm³/mol. The monoisotopic (exact) mass is 592 g/mol. The zero-order chi connectivity index (χ0) is 30.8. The molecule has 1 aromatic heterocycles. The molecule has 0 saturated heterocycles. The molecule has 0 saturated carbocycles. The molecule has 4 heteroatoms. The SMILES string of the molecule is CC1(C)c2ccccc2-c2ccc3c(c21)c1ccccc1n3-c1ccc(C2N=C(c3ccccc3)NC(c3ccccc3)=N2)cc1. The van der Waals surface area contributed by atoms with E-state index in [0.29, 0.717) is 0 Å². The van der Waals surface area contributed by atoms with Crippen molar-refractivity contribution in [1.82, 2.24) is 9.88 Å². The van der Waals surface area contributed by atoms with E-state index in [-0.39, 0.29) is 11.6 Å². The van der Waals surface area contributed by atoms with E-state index in [1.54, 1.807) is 0 Å². The fourth-order valence-corrected chi connectivity index (χ4v) is 7.49. The second kappa shape index (κ2) is 10.1. The van der Waals surface area contributed by atoms with Crippen LogP contribution in [0.25, 0.3) is 38.6 Å². The van der Waals surface area contributed by atoms with Crippen molar-refractivity contribution in [3.63, 3.8) is 0 Å². The van der Waals surface area contributed by atoms with Gasteiger partial charge in [-0.25, -0.2) is 9.98 Å². The smallest absolute Gasteiger partial charge is 0.169 e. The number of rotatable bonds is 4. The Kier molecular flexibility index (Phi) is 5.88. The number of amidine groups is 2. The van der Waals surface area contributed by atoms with Gasteiger partial charge in [0, 0.05) is 33.0 Å². The van der Waals surface area contributed by atoms with Gasteiger partial charge in [-0.2, -0.15) is 0 Å². The normalized spacial score (nSPS) is 15.3. The third-order valence-corrected chi connectivity index (χ3v) is 9.64. The van der Waals surface area contributed by atoms with Crippen molar-refractivity contribution in [1.29, 1.82) is 0 Å². The molecule has 0 bridgehead atoms. The number of hydrogen-bond acceptors (Lipinski definition) is 3. The fourth-order valence-electron chi connectivity index (χ4n) is 7.49. The lowest BCUT2D eigenvalue weighted by molar-refractivity contribution is 0.666. The van der Waals surface area contributed by atoms with E-state index in [4.69, 9.17) is 9.98 Å². The zero-order valence-corrected chi connectivity index (χ0v) is 25.8. The van der Waals surface area contributed by atoms with Crippen molar-refractivity contribution >= 4 is 33.5 Å². The van der Waals surface area contributed by atoms with Crippen molar-refractivity contribution in [3.05, 3.63) is 173 Å². The average Bonchev–Trinajstić information content (AvgIpc) is 3.57. The Morgan fingerprint density at radius 3 is 1.87 bits per heavy atom.